The SMILES string of the molecule is Nc1c(N2CCc3ccc(CCC(=O)Cc4ccsc4)cc3C2)c(=O)c1=O. The molecule has 0 saturated carbocycles. The number of hydrogen-bond acceptors (Lipinski definition) is 6. The molecule has 1 aliphatic heterocycles. The van der Waals surface area contributed by atoms with E-state index in [1.807, 2.05) is 21.7 Å². The minimum atomic E-state index is -0.575. The standard InChI is InChI=1S/C21H20N2O3S/c22-18-19(21(26)20(18)25)23-7-5-15-3-1-13(9-16(15)11-23)2-4-17(24)10-14-6-8-27-12-14/h1,3,6,8-9,12H,2,4-5,7,10-11,22H2. The van der Waals surface area contributed by atoms with Crippen LogP contribution >= 0.6 is 11.3 Å². The number of nitrogens with two attached hydrogens (primary N) is 1. The first kappa shape index (κ1) is 17.7. The van der Waals surface area contributed by atoms with Crippen LogP contribution in [0.25, 0.3) is 0 Å². The third-order valence-corrected chi connectivity index (χ3v) is 5.93. The average molecular weight is 380 g/mol. The Bertz CT molecular complexity index is 1060. The van der Waals surface area contributed by atoms with Crippen molar-refractivity contribution < 1.29 is 4.79 Å². The average Bonchev–Trinajstić information content (AvgIpc) is 3.19. The zero-order valence-corrected chi connectivity index (χ0v) is 15.7. The molecule has 27 heavy (non-hydrogen) atoms. The highest BCUT2D eigenvalue weighted by molar-refractivity contribution is 7.08. The summed E-state index contributed by atoms with van der Waals surface area (Å²) in [5.74, 6) is 0.240. The van der Waals surface area contributed by atoms with Crippen LogP contribution < -0.4 is 21.5 Å². The maximum absolute atomic E-state index is 12.2. The van der Waals surface area contributed by atoms with E-state index in [-0.39, 0.29) is 11.5 Å². The Morgan fingerprint density at radius 1 is 1.11 bits per heavy atom. The molecule has 0 fully saturated rings. The second-order valence-electron chi connectivity index (χ2n) is 7.04. The summed E-state index contributed by atoms with van der Waals surface area (Å²) in [5.41, 5.74) is 9.67. The summed E-state index contributed by atoms with van der Waals surface area (Å²) in [6, 6.07) is 8.29. The van der Waals surface area contributed by atoms with Crippen LogP contribution in [-0.4, -0.2) is 12.3 Å². The van der Waals surface area contributed by atoms with Crippen LogP contribution in [0.4, 0.5) is 11.4 Å². The van der Waals surface area contributed by atoms with E-state index in [4.69, 9.17) is 5.73 Å². The molecule has 0 atom stereocenters. The Labute approximate surface area is 160 Å². The van der Waals surface area contributed by atoms with E-state index in [9.17, 15) is 14.4 Å². The van der Waals surface area contributed by atoms with Crippen molar-refractivity contribution in [2.75, 3.05) is 17.2 Å². The molecule has 1 aliphatic rings. The van der Waals surface area contributed by atoms with Gasteiger partial charge in [-0.1, -0.05) is 18.2 Å². The van der Waals surface area contributed by atoms with Crippen LogP contribution in [0.5, 0.6) is 0 Å². The predicted octanol–water partition coefficient (Wildman–Crippen LogP) is 2.23. The molecule has 5 nitrogen and oxygen atoms in total. The monoisotopic (exact) mass is 380 g/mol. The number of nitrogen functional groups attached to an aromatic ring is 1. The lowest BCUT2D eigenvalue weighted by Crippen LogP contribution is -2.44. The Kier molecular flexibility index (Phi) is 4.66. The predicted molar refractivity (Wildman–Crippen MR) is 108 cm³/mol. The molecule has 3 aromatic rings. The van der Waals surface area contributed by atoms with Gasteiger partial charge in [0.15, 0.2) is 0 Å². The fraction of sp³-hybridized carbons (Fsp3) is 0.286. The minimum Gasteiger partial charge on any atom is -0.394 e. The molecule has 0 unspecified atom stereocenters. The van der Waals surface area contributed by atoms with Crippen LogP contribution in [-0.2, 0) is 30.6 Å². The highest BCUT2D eigenvalue weighted by Crippen LogP contribution is 2.26. The number of anilines is 2. The number of carbonyl (C=O) groups is 1. The molecule has 0 radical (unpaired) electrons. The van der Waals surface area contributed by atoms with Gasteiger partial charge in [0.05, 0.1) is 0 Å². The zero-order valence-electron chi connectivity index (χ0n) is 14.9. The number of carbonyl (C=O) groups excluding carboxylic acids is 1. The number of hydrogen-bond donors (Lipinski definition) is 1. The second kappa shape index (κ2) is 7.12. The molecule has 0 saturated heterocycles. The summed E-state index contributed by atoms with van der Waals surface area (Å²) in [6.45, 7) is 1.25. The molecule has 4 rings (SSSR count). The molecule has 6 heteroatoms. The van der Waals surface area contributed by atoms with Crippen LogP contribution in [0.15, 0.2) is 44.6 Å². The number of rotatable bonds is 6. The summed E-state index contributed by atoms with van der Waals surface area (Å²) >= 11 is 1.61. The molecule has 2 N–H and O–H groups in total. The topological polar surface area (TPSA) is 80.5 Å². The first-order valence-electron chi connectivity index (χ1n) is 9.00. The molecule has 0 aliphatic carbocycles. The first-order chi connectivity index (χ1) is 13.0. The van der Waals surface area contributed by atoms with Crippen molar-refractivity contribution >= 4 is 28.5 Å². The fourth-order valence-corrected chi connectivity index (χ4v) is 4.33. The van der Waals surface area contributed by atoms with Gasteiger partial charge in [-0.3, -0.25) is 14.4 Å². The highest BCUT2D eigenvalue weighted by Gasteiger charge is 2.26. The molecular formula is C21H20N2O3S. The van der Waals surface area contributed by atoms with Crippen LogP contribution in [0, 0.1) is 0 Å². The Morgan fingerprint density at radius 3 is 2.70 bits per heavy atom. The Balaban J connectivity index is 1.43. The molecular weight excluding hydrogens is 360 g/mol. The molecule has 2 aromatic carbocycles. The quantitative estimate of drug-likeness (QED) is 0.664. The fourth-order valence-electron chi connectivity index (χ4n) is 3.66. The Hall–Kier alpha value is -2.73. The normalized spacial score (nSPS) is 13.7. The number of fused-ring (bicyclic) bond motifs is 1. The van der Waals surface area contributed by atoms with Crippen LogP contribution in [0.1, 0.15) is 28.7 Å². The second-order valence-corrected chi connectivity index (χ2v) is 7.82. The van der Waals surface area contributed by atoms with Crippen molar-refractivity contribution in [1.82, 2.24) is 0 Å². The third-order valence-electron chi connectivity index (χ3n) is 5.19. The van der Waals surface area contributed by atoms with Gasteiger partial charge >= 0.3 is 0 Å². The van der Waals surface area contributed by atoms with Crippen molar-refractivity contribution in [3.63, 3.8) is 0 Å². The highest BCUT2D eigenvalue weighted by atomic mass is 32.1. The number of ketones is 1. The molecule has 2 heterocycles. The maximum atomic E-state index is 12.2. The Morgan fingerprint density at radius 2 is 1.96 bits per heavy atom. The van der Waals surface area contributed by atoms with E-state index < -0.39 is 10.9 Å². The number of benzene rings is 1. The summed E-state index contributed by atoms with van der Waals surface area (Å²) in [4.78, 5) is 37.2. The third kappa shape index (κ3) is 3.45. The molecule has 0 amide bonds. The molecule has 138 valence electrons. The molecule has 0 spiro atoms. The number of thiophene rings is 1. The van der Waals surface area contributed by atoms with E-state index in [0.29, 0.717) is 38.0 Å². The van der Waals surface area contributed by atoms with Gasteiger partial charge in [-0.05, 0) is 51.9 Å². The van der Waals surface area contributed by atoms with Gasteiger partial charge in [0.2, 0.25) is 0 Å². The number of Topliss-reactive ketones (excluding diaryl/α,β-unsaturated/α-hetero) is 1. The van der Waals surface area contributed by atoms with Gasteiger partial charge in [0.1, 0.15) is 17.2 Å². The van der Waals surface area contributed by atoms with E-state index >= 15 is 0 Å². The van der Waals surface area contributed by atoms with Gasteiger partial charge in [0.25, 0.3) is 10.9 Å². The van der Waals surface area contributed by atoms with Crippen molar-refractivity contribution in [3.05, 3.63) is 77.7 Å². The van der Waals surface area contributed by atoms with E-state index in [1.54, 1.807) is 11.3 Å². The van der Waals surface area contributed by atoms with Gasteiger partial charge in [0, 0.05) is 25.9 Å². The van der Waals surface area contributed by atoms with Crippen molar-refractivity contribution in [2.45, 2.75) is 32.2 Å². The van der Waals surface area contributed by atoms with E-state index in [1.165, 1.54) is 5.56 Å². The zero-order chi connectivity index (χ0) is 19.0. The van der Waals surface area contributed by atoms with Gasteiger partial charge < -0.3 is 10.6 Å². The molecule has 1 aromatic heterocycles. The van der Waals surface area contributed by atoms with Gasteiger partial charge in [-0.15, -0.1) is 0 Å². The van der Waals surface area contributed by atoms with Crippen molar-refractivity contribution in [3.8, 4) is 0 Å². The van der Waals surface area contributed by atoms with Crippen molar-refractivity contribution in [1.29, 1.82) is 0 Å². The maximum Gasteiger partial charge on any atom is 0.253 e. The van der Waals surface area contributed by atoms with Gasteiger partial charge in [-0.2, -0.15) is 11.3 Å². The smallest absolute Gasteiger partial charge is 0.253 e. The van der Waals surface area contributed by atoms with Crippen molar-refractivity contribution in [2.24, 2.45) is 0 Å². The summed E-state index contributed by atoms with van der Waals surface area (Å²) < 4.78 is 0. The van der Waals surface area contributed by atoms with E-state index in [2.05, 4.69) is 18.2 Å². The van der Waals surface area contributed by atoms with E-state index in [0.717, 1.165) is 23.1 Å². The number of nitrogens with zero attached hydrogens (tertiary/aromatic N) is 1. The summed E-state index contributed by atoms with van der Waals surface area (Å²) in [7, 11) is 0. The van der Waals surface area contributed by atoms with Gasteiger partial charge in [-0.25, -0.2) is 0 Å². The minimum absolute atomic E-state index is 0.0821. The first-order valence-corrected chi connectivity index (χ1v) is 9.94. The number of aryl methyl sites for hydroxylation is 1. The largest absolute Gasteiger partial charge is 0.394 e. The lowest BCUT2D eigenvalue weighted by atomic mass is 9.94. The van der Waals surface area contributed by atoms with Crippen LogP contribution in [0.3, 0.4) is 0 Å². The lowest BCUT2D eigenvalue weighted by molar-refractivity contribution is -0.118. The summed E-state index contributed by atoms with van der Waals surface area (Å²) in [5, 5.41) is 4.00. The summed E-state index contributed by atoms with van der Waals surface area (Å²) in [6.07, 6.45) is 2.53. The molecule has 0 bridgehead atoms. The van der Waals surface area contributed by atoms with Crippen LogP contribution in [0.2, 0.25) is 0 Å². The lowest BCUT2D eigenvalue weighted by Gasteiger charge is -2.32.